The van der Waals surface area contributed by atoms with Crippen molar-refractivity contribution in [3.63, 3.8) is 0 Å². The number of esters is 1. The predicted molar refractivity (Wildman–Crippen MR) is 84.3 cm³/mol. The number of rotatable bonds is 4. The van der Waals surface area contributed by atoms with Crippen LogP contribution in [0.4, 0.5) is 0 Å². The smallest absolute Gasteiger partial charge is 0.345 e. The van der Waals surface area contributed by atoms with E-state index in [9.17, 15) is 9.59 Å². The first-order valence-electron chi connectivity index (χ1n) is 7.96. The van der Waals surface area contributed by atoms with Gasteiger partial charge in [-0.25, -0.2) is 4.79 Å². The maximum Gasteiger partial charge on any atom is 0.345 e. The SMILES string of the molecule is CC1(CCc2ccncc2)OC(=O)c2c1ccn(C1CC1)c2=O. The summed E-state index contributed by atoms with van der Waals surface area (Å²) >= 11 is 0. The first-order valence-corrected chi connectivity index (χ1v) is 7.96. The zero-order chi connectivity index (χ0) is 16.0. The van der Waals surface area contributed by atoms with E-state index in [1.54, 1.807) is 17.0 Å². The van der Waals surface area contributed by atoms with Crippen LogP contribution < -0.4 is 5.56 Å². The topological polar surface area (TPSA) is 61.2 Å². The van der Waals surface area contributed by atoms with Crippen LogP contribution in [0.15, 0.2) is 41.6 Å². The fraction of sp³-hybridized carbons (Fsp3) is 0.389. The van der Waals surface area contributed by atoms with Crippen molar-refractivity contribution in [3.8, 4) is 0 Å². The van der Waals surface area contributed by atoms with Crippen LogP contribution in [-0.2, 0) is 16.8 Å². The van der Waals surface area contributed by atoms with Crippen molar-refractivity contribution >= 4 is 5.97 Å². The van der Waals surface area contributed by atoms with E-state index in [1.807, 2.05) is 31.3 Å². The third kappa shape index (κ3) is 2.36. The molecule has 0 bridgehead atoms. The maximum atomic E-state index is 12.6. The molecule has 1 aliphatic carbocycles. The van der Waals surface area contributed by atoms with E-state index in [-0.39, 0.29) is 17.2 Å². The van der Waals surface area contributed by atoms with Crippen molar-refractivity contribution in [3.05, 3.63) is 63.8 Å². The van der Waals surface area contributed by atoms with Gasteiger partial charge in [-0.3, -0.25) is 9.78 Å². The number of carbonyl (C=O) groups excluding carboxylic acids is 1. The normalized spacial score (nSPS) is 22.7. The summed E-state index contributed by atoms with van der Waals surface area (Å²) < 4.78 is 7.28. The van der Waals surface area contributed by atoms with Gasteiger partial charge in [0, 0.05) is 30.2 Å². The molecule has 0 aromatic carbocycles. The van der Waals surface area contributed by atoms with Gasteiger partial charge in [0.25, 0.3) is 5.56 Å². The molecule has 3 heterocycles. The fourth-order valence-corrected chi connectivity index (χ4v) is 3.26. The average molecular weight is 310 g/mol. The lowest BCUT2D eigenvalue weighted by atomic mass is 9.89. The highest BCUT2D eigenvalue weighted by molar-refractivity contribution is 5.94. The lowest BCUT2D eigenvalue weighted by molar-refractivity contribution is -0.00292. The van der Waals surface area contributed by atoms with E-state index in [0.717, 1.165) is 30.4 Å². The number of aromatic nitrogens is 2. The molecule has 1 fully saturated rings. The highest BCUT2D eigenvalue weighted by Gasteiger charge is 2.44. The van der Waals surface area contributed by atoms with Crippen molar-refractivity contribution < 1.29 is 9.53 Å². The molecule has 23 heavy (non-hydrogen) atoms. The summed E-state index contributed by atoms with van der Waals surface area (Å²) in [7, 11) is 0. The van der Waals surface area contributed by atoms with Gasteiger partial charge in [-0.15, -0.1) is 0 Å². The Bertz CT molecular complexity index is 824. The van der Waals surface area contributed by atoms with Gasteiger partial charge in [-0.05, 0) is 56.4 Å². The number of nitrogens with zero attached hydrogens (tertiary/aromatic N) is 2. The molecule has 0 amide bonds. The van der Waals surface area contributed by atoms with E-state index < -0.39 is 11.6 Å². The molecule has 5 nitrogen and oxygen atoms in total. The monoisotopic (exact) mass is 310 g/mol. The molecule has 1 aliphatic heterocycles. The third-order valence-electron chi connectivity index (χ3n) is 4.79. The first-order chi connectivity index (χ1) is 11.1. The Kier molecular flexibility index (Phi) is 3.11. The maximum absolute atomic E-state index is 12.6. The number of hydrogen-bond acceptors (Lipinski definition) is 4. The Morgan fingerprint density at radius 3 is 2.70 bits per heavy atom. The zero-order valence-electron chi connectivity index (χ0n) is 13.0. The van der Waals surface area contributed by atoms with Crippen LogP contribution in [-0.4, -0.2) is 15.5 Å². The highest BCUT2D eigenvalue weighted by atomic mass is 16.6. The third-order valence-corrected chi connectivity index (χ3v) is 4.79. The summed E-state index contributed by atoms with van der Waals surface area (Å²) in [6.07, 6.45) is 8.73. The number of cyclic esters (lactones) is 1. The molecule has 2 aromatic rings. The summed E-state index contributed by atoms with van der Waals surface area (Å²) in [5.74, 6) is -0.489. The minimum Gasteiger partial charge on any atom is -0.451 e. The summed E-state index contributed by atoms with van der Waals surface area (Å²) in [6, 6.07) is 6.04. The summed E-state index contributed by atoms with van der Waals surface area (Å²) in [4.78, 5) is 28.8. The van der Waals surface area contributed by atoms with Gasteiger partial charge < -0.3 is 9.30 Å². The zero-order valence-corrected chi connectivity index (χ0v) is 13.0. The van der Waals surface area contributed by atoms with E-state index >= 15 is 0 Å². The Balaban J connectivity index is 1.66. The molecule has 1 unspecified atom stereocenters. The first kappa shape index (κ1) is 14.2. The van der Waals surface area contributed by atoms with Gasteiger partial charge in [0.15, 0.2) is 0 Å². The lowest BCUT2D eigenvalue weighted by Gasteiger charge is -2.24. The molecule has 0 saturated heterocycles. The van der Waals surface area contributed by atoms with Crippen LogP contribution in [0.2, 0.25) is 0 Å². The summed E-state index contributed by atoms with van der Waals surface area (Å²) in [6.45, 7) is 1.89. The van der Waals surface area contributed by atoms with Gasteiger partial charge in [0.05, 0.1) is 0 Å². The summed E-state index contributed by atoms with van der Waals surface area (Å²) in [5.41, 5.74) is 1.13. The molecule has 4 rings (SSSR count). The van der Waals surface area contributed by atoms with Crippen LogP contribution in [0.25, 0.3) is 0 Å². The van der Waals surface area contributed by atoms with E-state index in [0.29, 0.717) is 6.42 Å². The molecule has 0 radical (unpaired) electrons. The van der Waals surface area contributed by atoms with Crippen molar-refractivity contribution in [2.45, 2.75) is 44.2 Å². The van der Waals surface area contributed by atoms with Gasteiger partial charge in [0.2, 0.25) is 0 Å². The molecular formula is C18H18N2O3. The molecule has 0 spiro atoms. The number of ether oxygens (including phenoxy) is 1. The summed E-state index contributed by atoms with van der Waals surface area (Å²) in [5, 5.41) is 0. The van der Waals surface area contributed by atoms with Crippen LogP contribution in [0.1, 0.15) is 53.7 Å². The second-order valence-corrected chi connectivity index (χ2v) is 6.52. The molecule has 2 aromatic heterocycles. The van der Waals surface area contributed by atoms with Crippen molar-refractivity contribution in [1.82, 2.24) is 9.55 Å². The Hall–Kier alpha value is -2.43. The van der Waals surface area contributed by atoms with Gasteiger partial charge in [-0.1, -0.05) is 0 Å². The standard InChI is InChI=1S/C18H18N2O3/c1-18(8-4-12-5-9-19-10-6-12)14-7-11-20(13-2-3-13)16(21)15(14)17(22)23-18/h5-7,9-11,13H,2-4,8H2,1H3. The van der Waals surface area contributed by atoms with Gasteiger partial charge in [0.1, 0.15) is 11.2 Å². The second kappa shape index (κ2) is 5.05. The largest absolute Gasteiger partial charge is 0.451 e. The fourth-order valence-electron chi connectivity index (χ4n) is 3.26. The molecule has 1 saturated carbocycles. The van der Waals surface area contributed by atoms with Crippen molar-refractivity contribution in [1.29, 1.82) is 0 Å². The van der Waals surface area contributed by atoms with Crippen LogP contribution in [0, 0.1) is 0 Å². The molecule has 0 N–H and O–H groups in total. The average Bonchev–Trinajstić information content (AvgIpc) is 3.34. The molecule has 2 aliphatic rings. The van der Waals surface area contributed by atoms with E-state index in [2.05, 4.69) is 4.98 Å². The molecule has 1 atom stereocenters. The van der Waals surface area contributed by atoms with Gasteiger partial charge in [-0.2, -0.15) is 0 Å². The van der Waals surface area contributed by atoms with Crippen LogP contribution in [0.5, 0.6) is 0 Å². The Labute approximate surface area is 133 Å². The second-order valence-electron chi connectivity index (χ2n) is 6.52. The predicted octanol–water partition coefficient (Wildman–Crippen LogP) is 2.60. The molecule has 5 heteroatoms. The van der Waals surface area contributed by atoms with Crippen molar-refractivity contribution in [2.75, 3.05) is 0 Å². The number of carbonyl (C=O) groups is 1. The number of hydrogen-bond donors (Lipinski definition) is 0. The van der Waals surface area contributed by atoms with E-state index in [4.69, 9.17) is 4.74 Å². The minimum atomic E-state index is -0.739. The van der Waals surface area contributed by atoms with E-state index in [1.165, 1.54) is 0 Å². The molecular weight excluding hydrogens is 292 g/mol. The Morgan fingerprint density at radius 2 is 2.00 bits per heavy atom. The Morgan fingerprint density at radius 1 is 1.26 bits per heavy atom. The van der Waals surface area contributed by atoms with Crippen molar-refractivity contribution in [2.24, 2.45) is 0 Å². The molecule has 118 valence electrons. The lowest BCUT2D eigenvalue weighted by Crippen LogP contribution is -2.26. The van der Waals surface area contributed by atoms with Gasteiger partial charge >= 0.3 is 5.97 Å². The highest BCUT2D eigenvalue weighted by Crippen LogP contribution is 2.40. The van der Waals surface area contributed by atoms with Crippen LogP contribution in [0.3, 0.4) is 0 Å². The van der Waals surface area contributed by atoms with Crippen LogP contribution >= 0.6 is 0 Å². The minimum absolute atomic E-state index is 0.206. The quantitative estimate of drug-likeness (QED) is 0.814. The number of aryl methyl sites for hydroxylation is 1. The number of pyridine rings is 2. The number of fused-ring (bicyclic) bond motifs is 1.